The summed E-state index contributed by atoms with van der Waals surface area (Å²) >= 11 is 5.89. The van der Waals surface area contributed by atoms with Crippen molar-refractivity contribution in [3.63, 3.8) is 0 Å². The standard InChI is InChI=1S/C10H10ClNO6S/c1-5(10(13)14)19(15,16)12-7-3-9-8(2-6(7)11)17-4-18-9/h2-3,5,12H,4H2,1H3,(H,13,14). The molecule has 2 N–H and O–H groups in total. The van der Waals surface area contributed by atoms with E-state index in [1.165, 1.54) is 12.1 Å². The number of benzene rings is 1. The molecule has 1 aliphatic heterocycles. The maximum absolute atomic E-state index is 11.8. The number of carboxylic acids is 1. The van der Waals surface area contributed by atoms with E-state index in [9.17, 15) is 13.2 Å². The van der Waals surface area contributed by atoms with Gasteiger partial charge in [0.1, 0.15) is 0 Å². The first kappa shape index (κ1) is 13.8. The number of sulfonamides is 1. The van der Waals surface area contributed by atoms with Crippen molar-refractivity contribution in [3.8, 4) is 11.5 Å². The van der Waals surface area contributed by atoms with Crippen molar-refractivity contribution in [1.29, 1.82) is 0 Å². The first-order valence-electron chi connectivity index (χ1n) is 5.15. The summed E-state index contributed by atoms with van der Waals surface area (Å²) in [6.45, 7) is 1.08. The number of hydrogen-bond donors (Lipinski definition) is 2. The van der Waals surface area contributed by atoms with Crippen LogP contribution in [-0.2, 0) is 14.8 Å². The van der Waals surface area contributed by atoms with Gasteiger partial charge < -0.3 is 14.6 Å². The van der Waals surface area contributed by atoms with Crippen LogP contribution in [0, 0.1) is 0 Å². The molecule has 0 saturated heterocycles. The fourth-order valence-corrected chi connectivity index (χ4v) is 2.54. The minimum atomic E-state index is -4.08. The molecule has 7 nitrogen and oxygen atoms in total. The van der Waals surface area contributed by atoms with Crippen LogP contribution in [0.5, 0.6) is 11.5 Å². The Hall–Kier alpha value is -1.67. The third kappa shape index (κ3) is 2.69. The van der Waals surface area contributed by atoms with Gasteiger partial charge in [0.05, 0.1) is 10.7 Å². The van der Waals surface area contributed by atoms with Crippen molar-refractivity contribution in [1.82, 2.24) is 0 Å². The van der Waals surface area contributed by atoms with E-state index < -0.39 is 21.2 Å². The highest BCUT2D eigenvalue weighted by molar-refractivity contribution is 7.94. The highest BCUT2D eigenvalue weighted by atomic mass is 35.5. The maximum atomic E-state index is 11.8. The van der Waals surface area contributed by atoms with E-state index in [0.717, 1.165) is 6.92 Å². The van der Waals surface area contributed by atoms with Crippen LogP contribution in [0.4, 0.5) is 5.69 Å². The fraction of sp³-hybridized carbons (Fsp3) is 0.300. The van der Waals surface area contributed by atoms with Crippen molar-refractivity contribution in [2.24, 2.45) is 0 Å². The number of aliphatic carboxylic acids is 1. The predicted octanol–water partition coefficient (Wildman–Crippen LogP) is 1.28. The van der Waals surface area contributed by atoms with Gasteiger partial charge in [-0.3, -0.25) is 9.52 Å². The van der Waals surface area contributed by atoms with E-state index in [1.807, 2.05) is 0 Å². The van der Waals surface area contributed by atoms with Crippen LogP contribution >= 0.6 is 11.6 Å². The van der Waals surface area contributed by atoms with Crippen molar-refractivity contribution in [2.45, 2.75) is 12.2 Å². The summed E-state index contributed by atoms with van der Waals surface area (Å²) in [7, 11) is -4.08. The zero-order valence-electron chi connectivity index (χ0n) is 9.71. The normalized spacial score (nSPS) is 15.1. The summed E-state index contributed by atoms with van der Waals surface area (Å²) < 4.78 is 35.8. The molecule has 9 heteroatoms. The number of halogens is 1. The third-order valence-corrected chi connectivity index (χ3v) is 4.48. The van der Waals surface area contributed by atoms with Crippen molar-refractivity contribution >= 4 is 33.3 Å². The molecule has 1 atom stereocenters. The Labute approximate surface area is 114 Å². The van der Waals surface area contributed by atoms with Gasteiger partial charge in [0.15, 0.2) is 16.7 Å². The number of carboxylic acid groups (broad SMARTS) is 1. The molecule has 0 saturated carbocycles. The van der Waals surface area contributed by atoms with Gasteiger partial charge >= 0.3 is 5.97 Å². The molecule has 1 heterocycles. The molecule has 2 rings (SSSR count). The van der Waals surface area contributed by atoms with Crippen LogP contribution in [0.2, 0.25) is 5.02 Å². The number of carbonyl (C=O) groups is 1. The first-order chi connectivity index (χ1) is 8.81. The van der Waals surface area contributed by atoms with Crippen LogP contribution in [0.25, 0.3) is 0 Å². The van der Waals surface area contributed by atoms with Gasteiger partial charge in [0.25, 0.3) is 0 Å². The zero-order chi connectivity index (χ0) is 14.2. The average Bonchev–Trinajstić information content (AvgIpc) is 2.75. The molecule has 0 radical (unpaired) electrons. The predicted molar refractivity (Wildman–Crippen MR) is 67.2 cm³/mol. The summed E-state index contributed by atoms with van der Waals surface area (Å²) in [5, 5.41) is 7.21. The molecule has 0 aliphatic carbocycles. The van der Waals surface area contributed by atoms with E-state index in [-0.39, 0.29) is 17.5 Å². The second-order valence-corrected chi connectivity index (χ2v) is 6.22. The summed E-state index contributed by atoms with van der Waals surface area (Å²) in [5.41, 5.74) is 0.0408. The number of fused-ring (bicyclic) bond motifs is 1. The minimum Gasteiger partial charge on any atom is -0.480 e. The smallest absolute Gasteiger partial charge is 0.323 e. The van der Waals surface area contributed by atoms with E-state index >= 15 is 0 Å². The van der Waals surface area contributed by atoms with Crippen LogP contribution in [0.15, 0.2) is 12.1 Å². The van der Waals surface area contributed by atoms with Crippen LogP contribution < -0.4 is 14.2 Å². The van der Waals surface area contributed by atoms with E-state index in [0.29, 0.717) is 11.5 Å². The number of ether oxygens (including phenoxy) is 2. The molecule has 1 aromatic rings. The van der Waals surface area contributed by atoms with Crippen LogP contribution in [-0.4, -0.2) is 31.5 Å². The summed E-state index contributed by atoms with van der Waals surface area (Å²) in [6, 6.07) is 2.74. The van der Waals surface area contributed by atoms with E-state index in [4.69, 9.17) is 26.2 Å². The van der Waals surface area contributed by atoms with Gasteiger partial charge in [-0.2, -0.15) is 0 Å². The van der Waals surface area contributed by atoms with Gasteiger partial charge in [0.2, 0.25) is 16.8 Å². The second kappa shape index (κ2) is 4.78. The first-order valence-corrected chi connectivity index (χ1v) is 7.07. The molecule has 0 fully saturated rings. The number of rotatable bonds is 4. The van der Waals surface area contributed by atoms with E-state index in [2.05, 4.69) is 4.72 Å². The third-order valence-electron chi connectivity index (χ3n) is 2.53. The molecule has 19 heavy (non-hydrogen) atoms. The molecule has 104 valence electrons. The topological polar surface area (TPSA) is 102 Å². The lowest BCUT2D eigenvalue weighted by molar-refractivity contribution is -0.136. The monoisotopic (exact) mass is 307 g/mol. The lowest BCUT2D eigenvalue weighted by Crippen LogP contribution is -2.32. The number of hydrogen-bond acceptors (Lipinski definition) is 5. The summed E-state index contributed by atoms with van der Waals surface area (Å²) in [4.78, 5) is 10.7. The molecule has 1 unspecified atom stereocenters. The Morgan fingerprint density at radius 1 is 1.42 bits per heavy atom. The lowest BCUT2D eigenvalue weighted by Gasteiger charge is -2.12. The molecular weight excluding hydrogens is 298 g/mol. The van der Waals surface area contributed by atoms with Gasteiger partial charge in [0, 0.05) is 12.1 Å². The fourth-order valence-electron chi connectivity index (χ4n) is 1.37. The zero-order valence-corrected chi connectivity index (χ0v) is 11.3. The molecule has 1 aromatic carbocycles. The van der Waals surface area contributed by atoms with Gasteiger partial charge in [-0.05, 0) is 6.92 Å². The Balaban J connectivity index is 2.32. The lowest BCUT2D eigenvalue weighted by atomic mass is 10.3. The second-order valence-electron chi connectivity index (χ2n) is 3.81. The molecular formula is C10H10ClNO6S. The summed E-state index contributed by atoms with van der Waals surface area (Å²) in [5.74, 6) is -0.714. The van der Waals surface area contributed by atoms with Crippen LogP contribution in [0.1, 0.15) is 6.92 Å². The highest BCUT2D eigenvalue weighted by Crippen LogP contribution is 2.39. The molecule has 0 spiro atoms. The molecule has 0 aromatic heterocycles. The molecule has 0 bridgehead atoms. The maximum Gasteiger partial charge on any atom is 0.323 e. The van der Waals surface area contributed by atoms with Crippen molar-refractivity contribution in [2.75, 3.05) is 11.5 Å². The van der Waals surface area contributed by atoms with Gasteiger partial charge in [-0.15, -0.1) is 0 Å². The van der Waals surface area contributed by atoms with Crippen molar-refractivity contribution in [3.05, 3.63) is 17.2 Å². The Morgan fingerprint density at radius 3 is 2.58 bits per heavy atom. The highest BCUT2D eigenvalue weighted by Gasteiger charge is 2.29. The van der Waals surface area contributed by atoms with Crippen LogP contribution in [0.3, 0.4) is 0 Å². The van der Waals surface area contributed by atoms with E-state index in [1.54, 1.807) is 0 Å². The molecule has 1 aliphatic rings. The molecule has 0 amide bonds. The number of nitrogens with one attached hydrogen (secondary N) is 1. The SMILES string of the molecule is CC(C(=O)O)S(=O)(=O)Nc1cc2c(cc1Cl)OCO2. The Kier molecular flexibility index (Phi) is 3.46. The van der Waals surface area contributed by atoms with Gasteiger partial charge in [-0.25, -0.2) is 8.42 Å². The Morgan fingerprint density at radius 2 is 2.00 bits per heavy atom. The van der Waals surface area contributed by atoms with Crippen molar-refractivity contribution < 1.29 is 27.8 Å². The quantitative estimate of drug-likeness (QED) is 0.869. The summed E-state index contributed by atoms with van der Waals surface area (Å²) in [6.07, 6.45) is 0. The largest absolute Gasteiger partial charge is 0.480 e. The van der Waals surface area contributed by atoms with Gasteiger partial charge in [-0.1, -0.05) is 11.6 Å². The minimum absolute atomic E-state index is 0.0212. The Bertz CT molecular complexity index is 629. The number of anilines is 1. The average molecular weight is 308 g/mol.